The quantitative estimate of drug-likeness (QED) is 0.607. The Morgan fingerprint density at radius 1 is 1.36 bits per heavy atom. The highest BCUT2D eigenvalue weighted by molar-refractivity contribution is 5.24. The Labute approximate surface area is 69.2 Å². The molecular weight excluding hydrogens is 134 g/mol. The van der Waals surface area contributed by atoms with Gasteiger partial charge in [-0.25, -0.2) is 0 Å². The summed E-state index contributed by atoms with van der Waals surface area (Å²) in [6, 6.07) is 0. The lowest BCUT2D eigenvalue weighted by molar-refractivity contribution is 0.677. The summed E-state index contributed by atoms with van der Waals surface area (Å²) < 4.78 is 0. The lowest BCUT2D eigenvalue weighted by Crippen LogP contribution is -2.19. The van der Waals surface area contributed by atoms with Gasteiger partial charge in [0.15, 0.2) is 0 Å². The van der Waals surface area contributed by atoms with Crippen LogP contribution in [0.1, 0.15) is 34.1 Å². The largest absolute Gasteiger partial charge is 0.363 e. The first-order valence-electron chi connectivity index (χ1n) is 4.24. The van der Waals surface area contributed by atoms with Gasteiger partial charge < -0.3 is 5.32 Å². The summed E-state index contributed by atoms with van der Waals surface area (Å²) >= 11 is 0. The maximum Gasteiger partial charge on any atom is 0.0137 e. The second-order valence-corrected chi connectivity index (χ2v) is 3.55. The van der Waals surface area contributed by atoms with E-state index in [-0.39, 0.29) is 0 Å². The van der Waals surface area contributed by atoms with Gasteiger partial charge in [0.05, 0.1) is 0 Å². The molecule has 0 aromatic carbocycles. The molecule has 1 aliphatic rings. The Morgan fingerprint density at radius 2 is 2.00 bits per heavy atom. The van der Waals surface area contributed by atoms with Crippen LogP contribution in [0.3, 0.4) is 0 Å². The highest BCUT2D eigenvalue weighted by atomic mass is 14.9. The topological polar surface area (TPSA) is 12.0 Å². The minimum atomic E-state index is 0.623. The maximum absolute atomic E-state index is 3.41. The van der Waals surface area contributed by atoms with Crippen molar-refractivity contribution in [1.82, 2.24) is 5.32 Å². The zero-order valence-corrected chi connectivity index (χ0v) is 7.86. The van der Waals surface area contributed by atoms with Crippen molar-refractivity contribution in [1.29, 1.82) is 0 Å². The van der Waals surface area contributed by atoms with E-state index in [1.807, 2.05) is 0 Å². The number of rotatable bonds is 1. The molecule has 0 spiro atoms. The summed E-state index contributed by atoms with van der Waals surface area (Å²) in [5.74, 6) is 0.623. The van der Waals surface area contributed by atoms with E-state index in [0.29, 0.717) is 5.92 Å². The summed E-state index contributed by atoms with van der Waals surface area (Å²) in [7, 11) is 0. The van der Waals surface area contributed by atoms with Gasteiger partial charge in [-0.15, -0.1) is 0 Å². The number of hydrogen-bond donors (Lipinski definition) is 1. The fraction of sp³-hybridized carbons (Fsp3) is 0.600. The van der Waals surface area contributed by atoms with Gasteiger partial charge in [-0.3, -0.25) is 0 Å². The fourth-order valence-corrected chi connectivity index (χ4v) is 1.17. The summed E-state index contributed by atoms with van der Waals surface area (Å²) in [6.45, 7) is 8.75. The predicted octanol–water partition coefficient (Wildman–Crippen LogP) is 2.81. The molecule has 1 rings (SSSR count). The Kier molecular flexibility index (Phi) is 2.38. The SMILES string of the molecule is CC1=C(C)NC(C(C)C)=CC1. The van der Waals surface area contributed by atoms with Crippen LogP contribution in [-0.4, -0.2) is 0 Å². The normalized spacial score (nSPS) is 18.5. The monoisotopic (exact) mass is 151 g/mol. The third-order valence-corrected chi connectivity index (χ3v) is 2.22. The van der Waals surface area contributed by atoms with Crippen molar-refractivity contribution in [2.24, 2.45) is 5.92 Å². The lowest BCUT2D eigenvalue weighted by Gasteiger charge is -2.21. The van der Waals surface area contributed by atoms with Crippen molar-refractivity contribution in [3.8, 4) is 0 Å². The molecule has 1 aliphatic heterocycles. The molecule has 0 fully saturated rings. The lowest BCUT2D eigenvalue weighted by atomic mass is 10.0. The minimum absolute atomic E-state index is 0.623. The Hall–Kier alpha value is -0.720. The van der Waals surface area contributed by atoms with Crippen LogP contribution in [0, 0.1) is 5.92 Å². The van der Waals surface area contributed by atoms with Crippen molar-refractivity contribution < 1.29 is 0 Å². The molecule has 1 N–H and O–H groups in total. The molecule has 11 heavy (non-hydrogen) atoms. The van der Waals surface area contributed by atoms with Gasteiger partial charge in [-0.1, -0.05) is 25.5 Å². The minimum Gasteiger partial charge on any atom is -0.363 e. The molecule has 1 heteroatoms. The van der Waals surface area contributed by atoms with Crippen LogP contribution >= 0.6 is 0 Å². The molecule has 0 amide bonds. The standard InChI is InChI=1S/C10H17N/c1-7(2)10-6-5-8(3)9(4)11-10/h6-7,11H,5H2,1-4H3. The van der Waals surface area contributed by atoms with E-state index in [1.165, 1.54) is 17.0 Å². The van der Waals surface area contributed by atoms with Gasteiger partial charge in [-0.05, 0) is 26.2 Å². The van der Waals surface area contributed by atoms with Crippen LogP contribution in [0.2, 0.25) is 0 Å². The highest BCUT2D eigenvalue weighted by Crippen LogP contribution is 2.18. The van der Waals surface area contributed by atoms with Gasteiger partial charge in [0.1, 0.15) is 0 Å². The molecule has 0 saturated carbocycles. The van der Waals surface area contributed by atoms with Crippen molar-refractivity contribution in [2.45, 2.75) is 34.1 Å². The van der Waals surface area contributed by atoms with Crippen LogP contribution in [-0.2, 0) is 0 Å². The predicted molar refractivity (Wildman–Crippen MR) is 49.0 cm³/mol. The molecule has 0 saturated heterocycles. The molecular formula is C10H17N. The van der Waals surface area contributed by atoms with Crippen molar-refractivity contribution >= 4 is 0 Å². The molecule has 0 bridgehead atoms. The second-order valence-electron chi connectivity index (χ2n) is 3.55. The van der Waals surface area contributed by atoms with E-state index in [2.05, 4.69) is 39.1 Å². The van der Waals surface area contributed by atoms with Crippen LogP contribution in [0.5, 0.6) is 0 Å². The zero-order chi connectivity index (χ0) is 8.43. The van der Waals surface area contributed by atoms with E-state index in [9.17, 15) is 0 Å². The van der Waals surface area contributed by atoms with Crippen LogP contribution < -0.4 is 5.32 Å². The van der Waals surface area contributed by atoms with Gasteiger partial charge >= 0.3 is 0 Å². The van der Waals surface area contributed by atoms with Gasteiger partial charge in [-0.2, -0.15) is 0 Å². The van der Waals surface area contributed by atoms with Crippen molar-refractivity contribution in [3.63, 3.8) is 0 Å². The first kappa shape index (κ1) is 8.38. The summed E-state index contributed by atoms with van der Waals surface area (Å²) in [5.41, 5.74) is 4.15. The number of dihydropyridines is 1. The third kappa shape index (κ3) is 1.86. The average Bonchev–Trinajstić information content (AvgIpc) is 1.94. The molecule has 1 heterocycles. The molecule has 0 radical (unpaired) electrons. The van der Waals surface area contributed by atoms with E-state index >= 15 is 0 Å². The summed E-state index contributed by atoms with van der Waals surface area (Å²) in [4.78, 5) is 0. The molecule has 0 aromatic rings. The Bertz CT molecular complexity index is 209. The van der Waals surface area contributed by atoms with Gasteiger partial charge in [0.25, 0.3) is 0 Å². The van der Waals surface area contributed by atoms with E-state index < -0.39 is 0 Å². The van der Waals surface area contributed by atoms with Gasteiger partial charge in [0, 0.05) is 11.4 Å². The third-order valence-electron chi connectivity index (χ3n) is 2.22. The van der Waals surface area contributed by atoms with Crippen molar-refractivity contribution in [3.05, 3.63) is 23.0 Å². The number of hydrogen-bond acceptors (Lipinski definition) is 1. The average molecular weight is 151 g/mol. The van der Waals surface area contributed by atoms with Gasteiger partial charge in [0.2, 0.25) is 0 Å². The van der Waals surface area contributed by atoms with Crippen molar-refractivity contribution in [2.75, 3.05) is 0 Å². The van der Waals surface area contributed by atoms with E-state index in [4.69, 9.17) is 0 Å². The highest BCUT2D eigenvalue weighted by Gasteiger charge is 2.08. The summed E-state index contributed by atoms with van der Waals surface area (Å²) in [5, 5.41) is 3.41. The molecule has 0 aliphatic carbocycles. The molecule has 0 aromatic heterocycles. The second kappa shape index (κ2) is 3.12. The Balaban J connectivity index is 2.67. The zero-order valence-electron chi connectivity index (χ0n) is 7.86. The van der Waals surface area contributed by atoms with Crippen LogP contribution in [0.4, 0.5) is 0 Å². The fourth-order valence-electron chi connectivity index (χ4n) is 1.17. The molecule has 0 atom stereocenters. The molecule has 1 nitrogen and oxygen atoms in total. The summed E-state index contributed by atoms with van der Waals surface area (Å²) in [6.07, 6.45) is 3.40. The maximum atomic E-state index is 3.41. The van der Waals surface area contributed by atoms with E-state index in [0.717, 1.165) is 6.42 Å². The number of nitrogens with one attached hydrogen (secondary N) is 1. The first-order chi connectivity index (χ1) is 5.11. The smallest absolute Gasteiger partial charge is 0.0137 e. The first-order valence-corrected chi connectivity index (χ1v) is 4.24. The van der Waals surface area contributed by atoms with Crippen LogP contribution in [0.15, 0.2) is 23.0 Å². The molecule has 0 unspecified atom stereocenters. The Morgan fingerprint density at radius 3 is 2.45 bits per heavy atom. The number of allylic oxidation sites excluding steroid dienone is 4. The van der Waals surface area contributed by atoms with Crippen LogP contribution in [0.25, 0.3) is 0 Å². The van der Waals surface area contributed by atoms with E-state index in [1.54, 1.807) is 0 Å². The molecule has 62 valence electrons.